The van der Waals surface area contributed by atoms with Crippen LogP contribution in [0.25, 0.3) is 0 Å². The normalized spacial score (nSPS) is 12.9. The van der Waals surface area contributed by atoms with Gasteiger partial charge in [-0.15, -0.1) is 0 Å². The van der Waals surface area contributed by atoms with Gasteiger partial charge in [0.2, 0.25) is 0 Å². The van der Waals surface area contributed by atoms with E-state index in [0.717, 1.165) is 5.56 Å². The average Bonchev–Trinajstić information content (AvgIpc) is 2.43. The third-order valence-electron chi connectivity index (χ3n) is 2.70. The van der Waals surface area contributed by atoms with Crippen LogP contribution in [0.5, 0.6) is 0 Å². The summed E-state index contributed by atoms with van der Waals surface area (Å²) in [7, 11) is 0. The van der Waals surface area contributed by atoms with E-state index in [1.54, 1.807) is 20.8 Å². The standard InChI is InChI=1S/C17H23NO4/c1-17(2,3)22-16(21)18-14(15(20)10-7-11-19)12-13-8-5-4-6-9-13/h4-10,14,19H,11-12H2,1-3H3,(H,18,21)/b10-7+. The summed E-state index contributed by atoms with van der Waals surface area (Å²) in [6, 6.07) is 8.65. The molecule has 0 saturated carbocycles. The van der Waals surface area contributed by atoms with Gasteiger partial charge in [0.15, 0.2) is 5.78 Å². The van der Waals surface area contributed by atoms with Gasteiger partial charge in [-0.2, -0.15) is 0 Å². The van der Waals surface area contributed by atoms with Crippen molar-refractivity contribution >= 4 is 11.9 Å². The largest absolute Gasteiger partial charge is 0.444 e. The molecule has 2 N–H and O–H groups in total. The average molecular weight is 305 g/mol. The summed E-state index contributed by atoms with van der Waals surface area (Å²) in [6.45, 7) is 5.04. The minimum Gasteiger partial charge on any atom is -0.444 e. The van der Waals surface area contributed by atoms with Crippen molar-refractivity contribution in [3.8, 4) is 0 Å². The summed E-state index contributed by atoms with van der Waals surface area (Å²) in [5.74, 6) is -0.288. The first-order chi connectivity index (χ1) is 10.3. The van der Waals surface area contributed by atoms with Crippen molar-refractivity contribution < 1.29 is 19.4 Å². The number of ketones is 1. The summed E-state index contributed by atoms with van der Waals surface area (Å²) in [5.41, 5.74) is 0.292. The minimum atomic E-state index is -0.736. The predicted molar refractivity (Wildman–Crippen MR) is 84.5 cm³/mol. The fourth-order valence-electron chi connectivity index (χ4n) is 1.81. The maximum absolute atomic E-state index is 12.1. The molecule has 0 radical (unpaired) electrons. The lowest BCUT2D eigenvalue weighted by atomic mass is 10.0. The van der Waals surface area contributed by atoms with Crippen LogP contribution < -0.4 is 5.32 Å². The summed E-state index contributed by atoms with van der Waals surface area (Å²) in [5, 5.41) is 11.4. The predicted octanol–water partition coefficient (Wildman–Crippen LogP) is 2.24. The molecule has 1 aromatic carbocycles. The Labute approximate surface area is 131 Å². The van der Waals surface area contributed by atoms with E-state index < -0.39 is 17.7 Å². The summed E-state index contributed by atoms with van der Waals surface area (Å²) in [4.78, 5) is 24.0. The SMILES string of the molecule is CC(C)(C)OC(=O)NC(Cc1ccccc1)C(=O)/C=C/CO. The zero-order chi connectivity index (χ0) is 16.6. The molecule has 0 spiro atoms. The van der Waals surface area contributed by atoms with Crippen LogP contribution in [-0.4, -0.2) is 35.2 Å². The van der Waals surface area contributed by atoms with Crippen LogP contribution in [0, 0.1) is 0 Å². The van der Waals surface area contributed by atoms with Gasteiger partial charge in [0.1, 0.15) is 5.60 Å². The molecule has 1 aromatic rings. The van der Waals surface area contributed by atoms with E-state index in [0.29, 0.717) is 6.42 Å². The number of carbonyl (C=O) groups excluding carboxylic acids is 2. The van der Waals surface area contributed by atoms with E-state index in [-0.39, 0.29) is 12.4 Å². The zero-order valence-corrected chi connectivity index (χ0v) is 13.2. The van der Waals surface area contributed by atoms with E-state index in [1.807, 2.05) is 30.3 Å². The smallest absolute Gasteiger partial charge is 0.408 e. The maximum atomic E-state index is 12.1. The van der Waals surface area contributed by atoms with Crippen molar-refractivity contribution in [1.29, 1.82) is 0 Å². The number of alkyl carbamates (subject to hydrolysis) is 1. The van der Waals surface area contributed by atoms with Gasteiger partial charge < -0.3 is 15.2 Å². The molecule has 0 bridgehead atoms. The topological polar surface area (TPSA) is 75.6 Å². The summed E-state index contributed by atoms with van der Waals surface area (Å²) in [6.07, 6.45) is 2.33. The highest BCUT2D eigenvalue weighted by atomic mass is 16.6. The molecule has 5 nitrogen and oxygen atoms in total. The van der Waals surface area contributed by atoms with Crippen LogP contribution >= 0.6 is 0 Å². The highest BCUT2D eigenvalue weighted by molar-refractivity contribution is 5.96. The lowest BCUT2D eigenvalue weighted by molar-refractivity contribution is -0.116. The van der Waals surface area contributed by atoms with E-state index in [2.05, 4.69) is 5.32 Å². The number of amides is 1. The molecule has 1 rings (SSSR count). The molecule has 0 aliphatic heterocycles. The third kappa shape index (κ3) is 7.04. The molecule has 1 unspecified atom stereocenters. The third-order valence-corrected chi connectivity index (χ3v) is 2.70. The Balaban J connectivity index is 2.80. The Morgan fingerprint density at radius 3 is 2.45 bits per heavy atom. The molecule has 0 fully saturated rings. The van der Waals surface area contributed by atoms with Gasteiger partial charge in [0.25, 0.3) is 0 Å². The first-order valence-electron chi connectivity index (χ1n) is 7.16. The Morgan fingerprint density at radius 1 is 1.27 bits per heavy atom. The summed E-state index contributed by atoms with van der Waals surface area (Å²) >= 11 is 0. The molecule has 1 atom stereocenters. The molecular formula is C17H23NO4. The van der Waals surface area contributed by atoms with E-state index in [4.69, 9.17) is 9.84 Å². The lowest BCUT2D eigenvalue weighted by Crippen LogP contribution is -2.44. The van der Waals surface area contributed by atoms with E-state index in [9.17, 15) is 9.59 Å². The lowest BCUT2D eigenvalue weighted by Gasteiger charge is -2.22. The monoisotopic (exact) mass is 305 g/mol. The van der Waals surface area contributed by atoms with Crippen molar-refractivity contribution in [3.05, 3.63) is 48.0 Å². The first kappa shape index (κ1) is 17.9. The van der Waals surface area contributed by atoms with E-state index in [1.165, 1.54) is 12.2 Å². The molecule has 0 aromatic heterocycles. The number of rotatable bonds is 6. The Hall–Kier alpha value is -2.14. The van der Waals surface area contributed by atoms with Crippen LogP contribution in [0.2, 0.25) is 0 Å². The van der Waals surface area contributed by atoms with Gasteiger partial charge in [-0.05, 0) is 32.4 Å². The molecule has 1 amide bonds. The number of aliphatic hydroxyl groups is 1. The van der Waals surface area contributed by atoms with Crippen molar-refractivity contribution in [2.75, 3.05) is 6.61 Å². The Bertz CT molecular complexity index is 517. The molecule has 0 aliphatic carbocycles. The highest BCUT2D eigenvalue weighted by Crippen LogP contribution is 2.09. The van der Waals surface area contributed by atoms with Crippen LogP contribution in [0.15, 0.2) is 42.5 Å². The molecule has 0 heterocycles. The molecule has 120 valence electrons. The number of hydrogen-bond donors (Lipinski definition) is 2. The van der Waals surface area contributed by atoms with Crippen LogP contribution in [0.4, 0.5) is 4.79 Å². The van der Waals surface area contributed by atoms with Crippen molar-refractivity contribution in [2.24, 2.45) is 0 Å². The number of nitrogens with one attached hydrogen (secondary N) is 1. The van der Waals surface area contributed by atoms with Gasteiger partial charge in [-0.1, -0.05) is 36.4 Å². The zero-order valence-electron chi connectivity index (χ0n) is 13.2. The minimum absolute atomic E-state index is 0.226. The van der Waals surface area contributed by atoms with Crippen molar-refractivity contribution in [1.82, 2.24) is 5.32 Å². The molecular weight excluding hydrogens is 282 g/mol. The van der Waals surface area contributed by atoms with Crippen LogP contribution in [0.3, 0.4) is 0 Å². The second-order valence-corrected chi connectivity index (χ2v) is 5.88. The van der Waals surface area contributed by atoms with Gasteiger partial charge in [0.05, 0.1) is 12.6 Å². The number of benzene rings is 1. The second-order valence-electron chi connectivity index (χ2n) is 5.88. The maximum Gasteiger partial charge on any atom is 0.408 e. The second kappa shape index (κ2) is 8.34. The van der Waals surface area contributed by atoms with Gasteiger partial charge >= 0.3 is 6.09 Å². The highest BCUT2D eigenvalue weighted by Gasteiger charge is 2.23. The molecule has 0 aliphatic rings. The van der Waals surface area contributed by atoms with E-state index >= 15 is 0 Å². The van der Waals surface area contributed by atoms with Crippen molar-refractivity contribution in [2.45, 2.75) is 38.8 Å². The number of carbonyl (C=O) groups is 2. The first-order valence-corrected chi connectivity index (χ1v) is 7.16. The van der Waals surface area contributed by atoms with Crippen LogP contribution in [0.1, 0.15) is 26.3 Å². The Kier molecular flexibility index (Phi) is 6.79. The molecule has 0 saturated heterocycles. The molecule has 5 heteroatoms. The quantitative estimate of drug-likeness (QED) is 0.790. The number of aliphatic hydroxyl groups excluding tert-OH is 1. The number of ether oxygens (including phenoxy) is 1. The Morgan fingerprint density at radius 2 is 1.91 bits per heavy atom. The van der Waals surface area contributed by atoms with Gasteiger partial charge in [-0.3, -0.25) is 4.79 Å². The van der Waals surface area contributed by atoms with Crippen molar-refractivity contribution in [3.63, 3.8) is 0 Å². The van der Waals surface area contributed by atoms with Gasteiger partial charge in [-0.25, -0.2) is 4.79 Å². The van der Waals surface area contributed by atoms with Gasteiger partial charge in [0, 0.05) is 6.42 Å². The van der Waals surface area contributed by atoms with Crippen LogP contribution in [-0.2, 0) is 16.0 Å². The molecule has 22 heavy (non-hydrogen) atoms. The fourth-order valence-corrected chi connectivity index (χ4v) is 1.81. The summed E-state index contributed by atoms with van der Waals surface area (Å²) < 4.78 is 5.18. The number of hydrogen-bond acceptors (Lipinski definition) is 4. The fraction of sp³-hybridized carbons (Fsp3) is 0.412.